The van der Waals surface area contributed by atoms with Crippen molar-refractivity contribution in [3.8, 4) is 5.75 Å². The molecule has 0 spiro atoms. The van der Waals surface area contributed by atoms with Gasteiger partial charge >= 0.3 is 23.7 Å². The number of fused-ring (bicyclic) bond motifs is 1. The van der Waals surface area contributed by atoms with Gasteiger partial charge in [-0.2, -0.15) is 35.1 Å². The van der Waals surface area contributed by atoms with Crippen LogP contribution in [0.25, 0.3) is 0 Å². The lowest BCUT2D eigenvalue weighted by molar-refractivity contribution is -0.386. The Morgan fingerprint density at radius 2 is 1.38 bits per heavy atom. The predicted molar refractivity (Wildman–Crippen MR) is 55.3 cm³/mol. The summed E-state index contributed by atoms with van der Waals surface area (Å²) in [7, 11) is 0. The molecule has 9 heteroatoms. The Bertz CT molecular complexity index is 566. The third kappa shape index (κ3) is 1.69. The molecule has 1 aromatic carbocycles. The Balaban J connectivity index is 2.87. The standard InChI is InChI=1S/C12H8F8O/c1-2-21-7-5-3-4-6-8(7)10(15,16)12(19,20)11(17,18)9(6,13)14/h3-5H,2H2,1H3. The van der Waals surface area contributed by atoms with E-state index in [9.17, 15) is 35.1 Å². The van der Waals surface area contributed by atoms with Crippen LogP contribution in [0.3, 0.4) is 0 Å². The van der Waals surface area contributed by atoms with Gasteiger partial charge in [0.2, 0.25) is 0 Å². The van der Waals surface area contributed by atoms with E-state index in [-0.39, 0.29) is 12.7 Å². The molecule has 21 heavy (non-hydrogen) atoms. The summed E-state index contributed by atoms with van der Waals surface area (Å²) in [6, 6.07) is 1.76. The van der Waals surface area contributed by atoms with Gasteiger partial charge in [-0.3, -0.25) is 0 Å². The van der Waals surface area contributed by atoms with Gasteiger partial charge in [0.15, 0.2) is 0 Å². The highest BCUT2D eigenvalue weighted by Gasteiger charge is 2.85. The fourth-order valence-corrected chi connectivity index (χ4v) is 2.11. The molecule has 2 rings (SSSR count). The van der Waals surface area contributed by atoms with Gasteiger partial charge in [-0.1, -0.05) is 12.1 Å². The molecule has 0 unspecified atom stereocenters. The summed E-state index contributed by atoms with van der Waals surface area (Å²) in [5.74, 6) is -24.4. The minimum absolute atomic E-state index is 0.259. The molecule has 1 aliphatic carbocycles. The average molecular weight is 320 g/mol. The number of benzene rings is 1. The lowest BCUT2D eigenvalue weighted by Crippen LogP contribution is -2.63. The summed E-state index contributed by atoms with van der Waals surface area (Å²) in [5.41, 5.74) is -3.78. The SMILES string of the molecule is CCOc1cccc2c1C(F)(F)C(F)(F)C(F)(F)C2(F)F. The van der Waals surface area contributed by atoms with Crippen LogP contribution in [-0.4, -0.2) is 18.5 Å². The van der Waals surface area contributed by atoms with E-state index in [1.54, 1.807) is 0 Å². The summed E-state index contributed by atoms with van der Waals surface area (Å²) in [6.07, 6.45) is 0. The van der Waals surface area contributed by atoms with Crippen molar-refractivity contribution in [2.75, 3.05) is 6.61 Å². The Morgan fingerprint density at radius 1 is 0.857 bits per heavy atom. The van der Waals surface area contributed by atoms with E-state index in [1.807, 2.05) is 0 Å². The topological polar surface area (TPSA) is 9.23 Å². The van der Waals surface area contributed by atoms with E-state index in [0.717, 1.165) is 12.1 Å². The second-order valence-corrected chi connectivity index (χ2v) is 4.41. The zero-order chi connectivity index (χ0) is 16.3. The molecule has 0 aromatic heterocycles. The summed E-state index contributed by atoms with van der Waals surface area (Å²) in [5, 5.41) is 0. The third-order valence-corrected chi connectivity index (χ3v) is 3.16. The van der Waals surface area contributed by atoms with Crippen LogP contribution in [0, 0.1) is 0 Å². The van der Waals surface area contributed by atoms with Crippen LogP contribution in [0.5, 0.6) is 5.75 Å². The van der Waals surface area contributed by atoms with E-state index in [1.165, 1.54) is 6.92 Å². The molecule has 1 nitrogen and oxygen atoms in total. The van der Waals surface area contributed by atoms with Crippen LogP contribution in [0.1, 0.15) is 18.1 Å². The predicted octanol–water partition coefficient (Wildman–Crippen LogP) is 4.55. The van der Waals surface area contributed by atoms with E-state index in [0.29, 0.717) is 0 Å². The van der Waals surface area contributed by atoms with E-state index >= 15 is 0 Å². The van der Waals surface area contributed by atoms with Crippen LogP contribution in [0.4, 0.5) is 35.1 Å². The maximum atomic E-state index is 13.8. The summed E-state index contributed by atoms with van der Waals surface area (Å²) in [6.45, 7) is 1.01. The summed E-state index contributed by atoms with van der Waals surface area (Å²) >= 11 is 0. The molecule has 0 N–H and O–H groups in total. The normalized spacial score (nSPS) is 24.2. The molecule has 0 saturated carbocycles. The molecule has 0 atom stereocenters. The second-order valence-electron chi connectivity index (χ2n) is 4.41. The van der Waals surface area contributed by atoms with E-state index < -0.39 is 40.6 Å². The number of hydrogen-bond acceptors (Lipinski definition) is 1. The molecule has 0 fully saturated rings. The van der Waals surface area contributed by atoms with Crippen LogP contribution in [0.15, 0.2) is 18.2 Å². The molecule has 0 bridgehead atoms. The van der Waals surface area contributed by atoms with E-state index in [2.05, 4.69) is 4.74 Å². The molecular weight excluding hydrogens is 312 g/mol. The van der Waals surface area contributed by atoms with Crippen molar-refractivity contribution >= 4 is 0 Å². The smallest absolute Gasteiger partial charge is 0.383 e. The first-order valence-corrected chi connectivity index (χ1v) is 5.71. The summed E-state index contributed by atoms with van der Waals surface area (Å²) in [4.78, 5) is 0. The zero-order valence-electron chi connectivity index (χ0n) is 10.4. The molecule has 0 aliphatic heterocycles. The lowest BCUT2D eigenvalue weighted by atomic mass is 9.79. The van der Waals surface area contributed by atoms with Gasteiger partial charge in [0.25, 0.3) is 0 Å². The van der Waals surface area contributed by atoms with Crippen molar-refractivity contribution in [3.05, 3.63) is 29.3 Å². The zero-order valence-corrected chi connectivity index (χ0v) is 10.4. The average Bonchev–Trinajstić information content (AvgIpc) is 2.36. The van der Waals surface area contributed by atoms with Crippen LogP contribution in [-0.2, 0) is 11.8 Å². The number of alkyl halides is 8. The molecule has 1 aliphatic rings. The van der Waals surface area contributed by atoms with Crippen molar-refractivity contribution in [1.29, 1.82) is 0 Å². The van der Waals surface area contributed by atoms with Crippen LogP contribution < -0.4 is 4.74 Å². The number of hydrogen-bond donors (Lipinski definition) is 0. The van der Waals surface area contributed by atoms with Crippen molar-refractivity contribution in [3.63, 3.8) is 0 Å². The summed E-state index contributed by atoms with van der Waals surface area (Å²) < 4.78 is 112. The van der Waals surface area contributed by atoms with Gasteiger partial charge in [-0.15, -0.1) is 0 Å². The lowest BCUT2D eigenvalue weighted by Gasteiger charge is -2.43. The first kappa shape index (κ1) is 15.8. The highest BCUT2D eigenvalue weighted by atomic mass is 19.4. The van der Waals surface area contributed by atoms with E-state index in [4.69, 9.17) is 0 Å². The highest BCUT2D eigenvalue weighted by Crippen LogP contribution is 2.65. The Morgan fingerprint density at radius 3 is 1.90 bits per heavy atom. The molecule has 1 aromatic rings. The Labute approximate surface area is 113 Å². The minimum Gasteiger partial charge on any atom is -0.493 e. The number of ether oxygens (including phenoxy) is 1. The van der Waals surface area contributed by atoms with Crippen molar-refractivity contribution < 1.29 is 39.9 Å². The maximum Gasteiger partial charge on any atom is 0.383 e. The Kier molecular flexibility index (Phi) is 3.19. The fraction of sp³-hybridized carbons (Fsp3) is 0.500. The monoisotopic (exact) mass is 320 g/mol. The van der Waals surface area contributed by atoms with Crippen molar-refractivity contribution in [2.24, 2.45) is 0 Å². The van der Waals surface area contributed by atoms with Crippen molar-refractivity contribution in [2.45, 2.75) is 30.6 Å². The molecular formula is C12H8F8O. The molecule has 118 valence electrons. The van der Waals surface area contributed by atoms with Gasteiger partial charge in [-0.25, -0.2) is 0 Å². The maximum absolute atomic E-state index is 13.8. The Hall–Kier alpha value is -1.54. The largest absolute Gasteiger partial charge is 0.493 e. The van der Waals surface area contributed by atoms with Gasteiger partial charge in [0, 0.05) is 5.56 Å². The molecule has 0 heterocycles. The van der Waals surface area contributed by atoms with Crippen molar-refractivity contribution in [1.82, 2.24) is 0 Å². The molecule has 0 radical (unpaired) electrons. The van der Waals surface area contributed by atoms with Crippen LogP contribution in [0.2, 0.25) is 0 Å². The second kappa shape index (κ2) is 4.23. The highest BCUT2D eigenvalue weighted by molar-refractivity contribution is 5.50. The minimum atomic E-state index is -6.26. The van der Waals surface area contributed by atoms with Gasteiger partial charge in [-0.05, 0) is 13.0 Å². The van der Waals surface area contributed by atoms with Gasteiger partial charge in [0.1, 0.15) is 5.75 Å². The van der Waals surface area contributed by atoms with Crippen LogP contribution >= 0.6 is 0 Å². The molecule has 0 amide bonds. The number of rotatable bonds is 2. The first-order valence-electron chi connectivity index (χ1n) is 5.71. The third-order valence-electron chi connectivity index (χ3n) is 3.16. The fourth-order valence-electron chi connectivity index (χ4n) is 2.11. The first-order chi connectivity index (χ1) is 9.43. The molecule has 0 saturated heterocycles. The quantitative estimate of drug-likeness (QED) is 0.726. The van der Waals surface area contributed by atoms with Gasteiger partial charge < -0.3 is 4.74 Å². The number of halogens is 8. The van der Waals surface area contributed by atoms with Gasteiger partial charge in [0.05, 0.1) is 12.2 Å².